The number of carbonyl (C=O) groups is 3. The van der Waals surface area contributed by atoms with Crippen LogP contribution >= 0.6 is 0 Å². The molecule has 2 aromatic rings. The third-order valence-electron chi connectivity index (χ3n) is 4.51. The van der Waals surface area contributed by atoms with E-state index in [1.54, 1.807) is 31.2 Å². The van der Waals surface area contributed by atoms with Crippen molar-refractivity contribution in [3.8, 4) is 0 Å². The number of fused-ring (bicyclic) bond motifs is 1. The molecule has 3 rings (SSSR count). The van der Waals surface area contributed by atoms with Gasteiger partial charge < -0.3 is 15.7 Å². The van der Waals surface area contributed by atoms with Crippen LogP contribution in [0.1, 0.15) is 34.8 Å². The Hall–Kier alpha value is -3.22. The minimum Gasteiger partial charge on any atom is -0.481 e. The van der Waals surface area contributed by atoms with E-state index in [0.717, 1.165) is 17.2 Å². The van der Waals surface area contributed by atoms with Gasteiger partial charge in [-0.2, -0.15) is 0 Å². The van der Waals surface area contributed by atoms with E-state index in [-0.39, 0.29) is 11.5 Å². The van der Waals surface area contributed by atoms with Crippen molar-refractivity contribution in [2.45, 2.75) is 26.2 Å². The van der Waals surface area contributed by atoms with Crippen molar-refractivity contribution in [3.63, 3.8) is 0 Å². The Bertz CT molecular complexity index is 909. The highest BCUT2D eigenvalue weighted by molar-refractivity contribution is 6.05. The van der Waals surface area contributed by atoms with Crippen LogP contribution in [-0.2, 0) is 22.4 Å². The summed E-state index contributed by atoms with van der Waals surface area (Å²) >= 11 is 0. The molecule has 0 spiro atoms. The average molecular weight is 370 g/mol. The maximum Gasteiger partial charge on any atom is 0.306 e. The van der Waals surface area contributed by atoms with E-state index in [1.165, 1.54) is 6.07 Å². The summed E-state index contributed by atoms with van der Waals surface area (Å²) in [6.07, 6.45) is 1.14. The molecule has 0 radical (unpaired) electrons. The van der Waals surface area contributed by atoms with Crippen LogP contribution in [0.2, 0.25) is 0 Å². The van der Waals surface area contributed by atoms with Gasteiger partial charge in [0.15, 0.2) is 0 Å². The highest BCUT2D eigenvalue weighted by Gasteiger charge is 2.20. The molecule has 7 heteroatoms. The van der Waals surface area contributed by atoms with Crippen molar-refractivity contribution in [1.29, 1.82) is 0 Å². The number of nitrogens with one attached hydrogen (secondary N) is 2. The van der Waals surface area contributed by atoms with Gasteiger partial charge in [-0.15, -0.1) is 0 Å². The predicted octanol–water partition coefficient (Wildman–Crippen LogP) is 3.23. The molecule has 2 amide bonds. The summed E-state index contributed by atoms with van der Waals surface area (Å²) in [5, 5.41) is 14.2. The van der Waals surface area contributed by atoms with E-state index in [0.29, 0.717) is 30.6 Å². The number of carboxylic acid groups (broad SMARTS) is 1. The topological polar surface area (TPSA) is 95.5 Å². The summed E-state index contributed by atoms with van der Waals surface area (Å²) in [4.78, 5) is 34.7. The maximum absolute atomic E-state index is 14.3. The third-order valence-corrected chi connectivity index (χ3v) is 4.51. The number of carboxylic acids is 1. The molecular weight excluding hydrogens is 351 g/mol. The van der Waals surface area contributed by atoms with Crippen LogP contribution in [0, 0.1) is 11.7 Å². The molecule has 1 heterocycles. The number of hydrogen-bond acceptors (Lipinski definition) is 3. The lowest BCUT2D eigenvalue weighted by Gasteiger charge is -2.18. The van der Waals surface area contributed by atoms with Gasteiger partial charge in [-0.3, -0.25) is 14.4 Å². The minimum atomic E-state index is -0.869. The smallest absolute Gasteiger partial charge is 0.306 e. The Morgan fingerprint density at radius 1 is 1.22 bits per heavy atom. The number of benzene rings is 2. The molecule has 0 aromatic heterocycles. The highest BCUT2D eigenvalue weighted by atomic mass is 19.1. The van der Waals surface area contributed by atoms with Gasteiger partial charge in [-0.25, -0.2) is 4.39 Å². The van der Waals surface area contributed by atoms with Gasteiger partial charge in [0.25, 0.3) is 5.91 Å². The van der Waals surface area contributed by atoms with Gasteiger partial charge >= 0.3 is 5.97 Å². The second-order valence-corrected chi connectivity index (χ2v) is 6.63. The fraction of sp³-hybridized carbons (Fsp3) is 0.250. The maximum atomic E-state index is 14.3. The lowest BCUT2D eigenvalue weighted by atomic mass is 9.99. The molecular formula is C20H19FN2O4. The van der Waals surface area contributed by atoms with Crippen molar-refractivity contribution < 1.29 is 23.9 Å². The number of halogens is 1. The molecule has 0 bridgehead atoms. The number of rotatable bonds is 5. The number of aryl methyl sites for hydroxylation is 1. The Labute approximate surface area is 155 Å². The molecule has 140 valence electrons. The molecule has 0 saturated heterocycles. The Morgan fingerprint density at radius 2 is 1.93 bits per heavy atom. The number of anilines is 2. The summed E-state index contributed by atoms with van der Waals surface area (Å²) in [7, 11) is 0. The zero-order chi connectivity index (χ0) is 19.6. The first-order valence-corrected chi connectivity index (χ1v) is 8.59. The van der Waals surface area contributed by atoms with Crippen molar-refractivity contribution in [2.24, 2.45) is 5.92 Å². The SMILES string of the molecule is CC(Cc1ccc(NC(=O)c2cc3c(cc2F)NC(=O)CC3)cc1)C(=O)O. The first kappa shape index (κ1) is 18.6. The Kier molecular flexibility index (Phi) is 5.21. The van der Waals surface area contributed by atoms with E-state index in [4.69, 9.17) is 5.11 Å². The molecule has 1 unspecified atom stereocenters. The van der Waals surface area contributed by atoms with E-state index >= 15 is 0 Å². The van der Waals surface area contributed by atoms with Crippen LogP contribution in [0.4, 0.5) is 15.8 Å². The van der Waals surface area contributed by atoms with Gasteiger partial charge in [0.1, 0.15) is 5.82 Å². The Balaban J connectivity index is 1.72. The standard InChI is InChI=1S/C20H19FN2O4/c1-11(20(26)27)8-12-2-5-14(6-3-12)22-19(25)15-9-13-4-7-18(24)23-17(13)10-16(15)21/h2-3,5-6,9-11H,4,7-8H2,1H3,(H,22,25)(H,23,24)(H,26,27). The number of carbonyl (C=O) groups excluding carboxylic acids is 2. The summed E-state index contributed by atoms with van der Waals surface area (Å²) in [6, 6.07) is 9.39. The monoisotopic (exact) mass is 370 g/mol. The summed E-state index contributed by atoms with van der Waals surface area (Å²) in [6.45, 7) is 1.62. The molecule has 1 aliphatic rings. The molecule has 27 heavy (non-hydrogen) atoms. The number of aliphatic carboxylic acids is 1. The van der Waals surface area contributed by atoms with E-state index < -0.39 is 23.6 Å². The van der Waals surface area contributed by atoms with Crippen LogP contribution in [0.5, 0.6) is 0 Å². The van der Waals surface area contributed by atoms with Gasteiger partial charge in [0.05, 0.1) is 11.5 Å². The zero-order valence-corrected chi connectivity index (χ0v) is 14.7. The van der Waals surface area contributed by atoms with Crippen LogP contribution in [0.15, 0.2) is 36.4 Å². The first-order valence-electron chi connectivity index (χ1n) is 8.59. The molecule has 0 saturated carbocycles. The van der Waals surface area contributed by atoms with Crippen molar-refractivity contribution >= 4 is 29.2 Å². The van der Waals surface area contributed by atoms with Gasteiger partial charge in [0.2, 0.25) is 5.91 Å². The van der Waals surface area contributed by atoms with Gasteiger partial charge in [0, 0.05) is 17.8 Å². The van der Waals surface area contributed by atoms with E-state index in [9.17, 15) is 18.8 Å². The summed E-state index contributed by atoms with van der Waals surface area (Å²) in [5.74, 6) is -2.84. The first-order chi connectivity index (χ1) is 12.8. The lowest BCUT2D eigenvalue weighted by molar-refractivity contribution is -0.141. The number of amides is 2. The second-order valence-electron chi connectivity index (χ2n) is 6.63. The third kappa shape index (κ3) is 4.31. The van der Waals surface area contributed by atoms with Gasteiger partial charge in [-0.05, 0) is 48.2 Å². The predicted molar refractivity (Wildman–Crippen MR) is 98.2 cm³/mol. The molecule has 3 N–H and O–H groups in total. The molecule has 1 atom stereocenters. The van der Waals surface area contributed by atoms with E-state index in [2.05, 4.69) is 10.6 Å². The quantitative estimate of drug-likeness (QED) is 0.753. The fourth-order valence-electron chi connectivity index (χ4n) is 2.94. The Morgan fingerprint density at radius 3 is 2.59 bits per heavy atom. The van der Waals surface area contributed by atoms with Crippen LogP contribution in [0.3, 0.4) is 0 Å². The molecule has 2 aromatic carbocycles. The van der Waals surface area contributed by atoms with Gasteiger partial charge in [-0.1, -0.05) is 19.1 Å². The average Bonchev–Trinajstić information content (AvgIpc) is 2.62. The fourth-order valence-corrected chi connectivity index (χ4v) is 2.94. The largest absolute Gasteiger partial charge is 0.481 e. The van der Waals surface area contributed by atoms with Crippen molar-refractivity contribution in [3.05, 3.63) is 58.9 Å². The molecule has 0 fully saturated rings. The zero-order valence-electron chi connectivity index (χ0n) is 14.7. The van der Waals surface area contributed by atoms with Crippen LogP contribution in [0.25, 0.3) is 0 Å². The van der Waals surface area contributed by atoms with Crippen LogP contribution < -0.4 is 10.6 Å². The lowest BCUT2D eigenvalue weighted by Crippen LogP contribution is -2.21. The minimum absolute atomic E-state index is 0.0894. The molecule has 1 aliphatic heterocycles. The second kappa shape index (κ2) is 7.57. The number of hydrogen-bond donors (Lipinski definition) is 3. The van der Waals surface area contributed by atoms with E-state index in [1.807, 2.05) is 0 Å². The summed E-state index contributed by atoms with van der Waals surface area (Å²) < 4.78 is 14.3. The van der Waals surface area contributed by atoms with Crippen LogP contribution in [-0.4, -0.2) is 22.9 Å². The van der Waals surface area contributed by atoms with Crippen molar-refractivity contribution in [1.82, 2.24) is 0 Å². The van der Waals surface area contributed by atoms with Crippen molar-refractivity contribution in [2.75, 3.05) is 10.6 Å². The summed E-state index contributed by atoms with van der Waals surface area (Å²) in [5.41, 5.74) is 2.35. The normalized spacial score (nSPS) is 14.1. The molecule has 0 aliphatic carbocycles. The highest BCUT2D eigenvalue weighted by Crippen LogP contribution is 2.26. The molecule has 6 nitrogen and oxygen atoms in total.